The molecular formula is C23H22ClN3O3. The van der Waals surface area contributed by atoms with Crippen molar-refractivity contribution in [3.8, 4) is 17.1 Å². The summed E-state index contributed by atoms with van der Waals surface area (Å²) in [5.74, 6) is 1.41. The summed E-state index contributed by atoms with van der Waals surface area (Å²) in [5, 5.41) is 8.08. The number of Topliss-reactive ketones (excluding diaryl/α,β-unsaturated/α-hetero) is 1. The Balaban J connectivity index is 1.11. The molecule has 1 aromatic heterocycles. The van der Waals surface area contributed by atoms with Crippen LogP contribution in [0.15, 0.2) is 53.1 Å². The smallest absolute Gasteiger partial charge is 0.322 e. The molecule has 0 amide bonds. The molecule has 0 atom stereocenters. The molecule has 6 nitrogen and oxygen atoms in total. The first-order valence-electron chi connectivity index (χ1n) is 10.0. The molecule has 2 aromatic carbocycles. The van der Waals surface area contributed by atoms with E-state index >= 15 is 0 Å². The van der Waals surface area contributed by atoms with Gasteiger partial charge in [-0.3, -0.25) is 4.79 Å². The lowest BCUT2D eigenvalue weighted by molar-refractivity contribution is -0.147. The molecule has 3 fully saturated rings. The van der Waals surface area contributed by atoms with Crippen LogP contribution in [0.3, 0.4) is 0 Å². The third kappa shape index (κ3) is 3.67. The van der Waals surface area contributed by atoms with Gasteiger partial charge in [-0.05, 0) is 68.0 Å². The Kier molecular flexibility index (Phi) is 4.54. The van der Waals surface area contributed by atoms with Gasteiger partial charge in [0.25, 0.3) is 0 Å². The molecule has 0 aliphatic heterocycles. The van der Waals surface area contributed by atoms with Crippen molar-refractivity contribution < 1.29 is 14.1 Å². The molecule has 3 aromatic rings. The fourth-order valence-electron chi connectivity index (χ4n) is 4.80. The summed E-state index contributed by atoms with van der Waals surface area (Å²) in [7, 11) is 0. The van der Waals surface area contributed by atoms with Gasteiger partial charge in [0, 0.05) is 22.5 Å². The first kappa shape index (κ1) is 19.1. The maximum atomic E-state index is 12.4. The first-order chi connectivity index (χ1) is 14.4. The highest BCUT2D eigenvalue weighted by atomic mass is 35.5. The van der Waals surface area contributed by atoms with Crippen LogP contribution in [0, 0.1) is 12.3 Å². The molecule has 0 radical (unpaired) electrons. The normalized spacial score (nSPS) is 23.9. The number of hydrogen-bond acceptors (Lipinski definition) is 6. The lowest BCUT2D eigenvalue weighted by Gasteiger charge is -2.70. The summed E-state index contributed by atoms with van der Waals surface area (Å²) in [6.45, 7) is 2.15. The number of carbonyl (C=O) groups is 1. The number of benzene rings is 2. The van der Waals surface area contributed by atoms with E-state index < -0.39 is 0 Å². The molecule has 3 aliphatic rings. The highest BCUT2D eigenvalue weighted by Gasteiger charge is 2.68. The number of nitrogens with zero attached hydrogens (tertiary/aromatic N) is 2. The average molecular weight is 424 g/mol. The summed E-state index contributed by atoms with van der Waals surface area (Å²) in [6.07, 6.45) is 3.38. The van der Waals surface area contributed by atoms with E-state index in [0.29, 0.717) is 23.3 Å². The number of carbonyl (C=O) groups excluding carboxylic acids is 1. The number of ketones is 1. The molecule has 0 unspecified atom stereocenters. The molecule has 0 spiro atoms. The number of rotatable bonds is 8. The van der Waals surface area contributed by atoms with Crippen LogP contribution in [-0.4, -0.2) is 28.1 Å². The monoisotopic (exact) mass is 423 g/mol. The number of hydrogen-bond donors (Lipinski definition) is 1. The van der Waals surface area contributed by atoms with Crippen molar-refractivity contribution >= 4 is 23.4 Å². The number of ether oxygens (including phenoxy) is 1. The zero-order valence-corrected chi connectivity index (χ0v) is 17.4. The SMILES string of the molecule is Cc1ccc(OCC(=O)CC23CC(Nc4nc(-c5ccc(Cl)cc5)no4)(C2)C3)cc1. The lowest BCUT2D eigenvalue weighted by atomic mass is 9.38. The second kappa shape index (κ2) is 7.13. The van der Waals surface area contributed by atoms with Gasteiger partial charge in [-0.1, -0.05) is 34.5 Å². The van der Waals surface area contributed by atoms with Crippen LogP contribution in [0.25, 0.3) is 11.4 Å². The van der Waals surface area contributed by atoms with Crippen LogP contribution >= 0.6 is 11.6 Å². The Bertz CT molecular complexity index is 1060. The van der Waals surface area contributed by atoms with Crippen molar-refractivity contribution in [3.05, 3.63) is 59.1 Å². The van der Waals surface area contributed by atoms with E-state index in [0.717, 1.165) is 30.6 Å². The molecule has 1 heterocycles. The molecule has 154 valence electrons. The van der Waals surface area contributed by atoms with E-state index in [2.05, 4.69) is 15.5 Å². The molecule has 6 rings (SSSR count). The highest BCUT2D eigenvalue weighted by Crippen LogP contribution is 2.70. The fraction of sp³-hybridized carbons (Fsp3) is 0.348. The first-order valence-corrected chi connectivity index (χ1v) is 10.4. The Hall–Kier alpha value is -2.86. The third-order valence-electron chi connectivity index (χ3n) is 6.03. The average Bonchev–Trinajstić information content (AvgIpc) is 3.14. The minimum absolute atomic E-state index is 0.0259. The van der Waals surface area contributed by atoms with Crippen LogP contribution in [0.5, 0.6) is 5.75 Å². The van der Waals surface area contributed by atoms with Crippen molar-refractivity contribution in [2.75, 3.05) is 11.9 Å². The zero-order valence-electron chi connectivity index (χ0n) is 16.7. The Labute approximate surface area is 179 Å². The Morgan fingerprint density at radius 3 is 2.53 bits per heavy atom. The van der Waals surface area contributed by atoms with Gasteiger partial charge in [0.2, 0.25) is 5.82 Å². The van der Waals surface area contributed by atoms with Crippen LogP contribution in [-0.2, 0) is 4.79 Å². The zero-order chi connectivity index (χ0) is 20.8. The maximum absolute atomic E-state index is 12.4. The van der Waals surface area contributed by atoms with Gasteiger partial charge in [-0.2, -0.15) is 4.98 Å². The number of nitrogens with one attached hydrogen (secondary N) is 1. The summed E-state index contributed by atoms with van der Waals surface area (Å²) in [6, 6.07) is 15.5. The topological polar surface area (TPSA) is 77.2 Å². The van der Waals surface area contributed by atoms with Crippen molar-refractivity contribution in [2.45, 2.75) is 38.1 Å². The number of anilines is 1. The molecule has 0 saturated heterocycles. The van der Waals surface area contributed by atoms with Crippen molar-refractivity contribution in [2.24, 2.45) is 5.41 Å². The molecule has 2 bridgehead atoms. The van der Waals surface area contributed by atoms with Gasteiger partial charge < -0.3 is 14.6 Å². The van der Waals surface area contributed by atoms with Gasteiger partial charge in [-0.15, -0.1) is 0 Å². The maximum Gasteiger partial charge on any atom is 0.322 e. The van der Waals surface area contributed by atoms with Crippen molar-refractivity contribution in [1.29, 1.82) is 0 Å². The van der Waals surface area contributed by atoms with Crippen molar-refractivity contribution in [3.63, 3.8) is 0 Å². The molecule has 7 heteroatoms. The van der Waals surface area contributed by atoms with E-state index in [9.17, 15) is 4.79 Å². The predicted molar refractivity (Wildman–Crippen MR) is 114 cm³/mol. The molecule has 30 heavy (non-hydrogen) atoms. The second-order valence-corrected chi connectivity index (χ2v) is 9.12. The molecular weight excluding hydrogens is 402 g/mol. The Morgan fingerprint density at radius 2 is 1.83 bits per heavy atom. The van der Waals surface area contributed by atoms with E-state index in [1.54, 1.807) is 12.1 Å². The number of aromatic nitrogens is 2. The summed E-state index contributed by atoms with van der Waals surface area (Å²) in [4.78, 5) is 16.8. The highest BCUT2D eigenvalue weighted by molar-refractivity contribution is 6.30. The van der Waals surface area contributed by atoms with Crippen LogP contribution in [0.4, 0.5) is 6.01 Å². The van der Waals surface area contributed by atoms with Crippen LogP contribution < -0.4 is 10.1 Å². The number of aryl methyl sites for hydroxylation is 1. The minimum atomic E-state index is -0.0259. The van der Waals surface area contributed by atoms with Gasteiger partial charge >= 0.3 is 6.01 Å². The third-order valence-corrected chi connectivity index (χ3v) is 6.29. The second-order valence-electron chi connectivity index (χ2n) is 8.68. The quantitative estimate of drug-likeness (QED) is 0.545. The van der Waals surface area contributed by atoms with Gasteiger partial charge in [0.15, 0.2) is 5.78 Å². The summed E-state index contributed by atoms with van der Waals surface area (Å²) >= 11 is 5.92. The van der Waals surface area contributed by atoms with Crippen LogP contribution in [0.2, 0.25) is 5.02 Å². The molecule has 1 N–H and O–H groups in total. The van der Waals surface area contributed by atoms with Crippen LogP contribution in [0.1, 0.15) is 31.2 Å². The Morgan fingerprint density at radius 1 is 1.13 bits per heavy atom. The number of halogens is 1. The van der Waals surface area contributed by atoms with Gasteiger partial charge in [0.05, 0.1) is 0 Å². The molecule has 3 saturated carbocycles. The van der Waals surface area contributed by atoms with E-state index in [4.69, 9.17) is 20.9 Å². The van der Waals surface area contributed by atoms with Crippen molar-refractivity contribution in [1.82, 2.24) is 10.1 Å². The van der Waals surface area contributed by atoms with E-state index in [-0.39, 0.29) is 23.3 Å². The lowest BCUT2D eigenvalue weighted by Crippen LogP contribution is -2.71. The predicted octanol–water partition coefficient (Wildman–Crippen LogP) is 5.07. The molecule has 3 aliphatic carbocycles. The standard InChI is InChI=1S/C23H22ClN3O3/c1-15-2-8-19(9-3-15)29-11-18(28)10-22-12-23(13-22,14-22)26-21-25-20(27-30-21)16-4-6-17(24)7-5-16/h2-9H,10-14H2,1H3,(H,25,26,27). The summed E-state index contributed by atoms with van der Waals surface area (Å²) < 4.78 is 11.0. The van der Waals surface area contributed by atoms with Gasteiger partial charge in [0.1, 0.15) is 12.4 Å². The minimum Gasteiger partial charge on any atom is -0.486 e. The summed E-state index contributed by atoms with van der Waals surface area (Å²) in [5.41, 5.74) is 2.09. The fourth-order valence-corrected chi connectivity index (χ4v) is 4.93. The van der Waals surface area contributed by atoms with Gasteiger partial charge in [-0.25, -0.2) is 0 Å². The van der Waals surface area contributed by atoms with E-state index in [1.165, 1.54) is 5.56 Å². The van der Waals surface area contributed by atoms with E-state index in [1.807, 2.05) is 43.3 Å². The largest absolute Gasteiger partial charge is 0.486 e.